The van der Waals surface area contributed by atoms with Gasteiger partial charge in [0.15, 0.2) is 5.96 Å². The van der Waals surface area contributed by atoms with Gasteiger partial charge in [0, 0.05) is 23.5 Å². The number of unbranched alkanes of at least 4 members (excludes halogenated alkanes) is 1. The lowest BCUT2D eigenvalue weighted by molar-refractivity contribution is -0.147. The number of carbonyl (C=O) groups excluding carboxylic acids is 1. The van der Waals surface area contributed by atoms with Gasteiger partial charge in [-0.05, 0) is 31.0 Å². The zero-order chi connectivity index (χ0) is 25.6. The normalized spacial score (nSPS) is 12.5. The van der Waals surface area contributed by atoms with E-state index in [-0.39, 0.29) is 29.8 Å². The number of nitrogens with one attached hydrogen (secondary N) is 2. The van der Waals surface area contributed by atoms with Crippen LogP contribution in [-0.4, -0.2) is 42.3 Å². The van der Waals surface area contributed by atoms with Crippen LogP contribution in [0.15, 0.2) is 59.6 Å². The number of benzene rings is 2. The lowest BCUT2D eigenvalue weighted by atomic mass is 10.1. The molecule has 186 valence electrons. The minimum absolute atomic E-state index is 0.0302. The number of carbonyl (C=O) groups is 1. The van der Waals surface area contributed by atoms with Gasteiger partial charge in [-0.15, -0.1) is 0 Å². The third-order valence-electron chi connectivity index (χ3n) is 5.37. The average Bonchev–Trinajstić information content (AvgIpc) is 2.84. The molecule has 11 heteroatoms. The summed E-state index contributed by atoms with van der Waals surface area (Å²) < 4.78 is 34.1. The summed E-state index contributed by atoms with van der Waals surface area (Å²) in [6.45, 7) is 3.67. The number of ether oxygens (including phenoxy) is 1. The Morgan fingerprint density at radius 3 is 2.60 bits per heavy atom. The summed E-state index contributed by atoms with van der Waals surface area (Å²) >= 11 is 6.26. The molecule has 0 radical (unpaired) electrons. The van der Waals surface area contributed by atoms with Crippen LogP contribution in [0.2, 0.25) is 5.02 Å². The molecular formula is C24H28ClN5O4S. The fourth-order valence-electron chi connectivity index (χ4n) is 3.46. The molecule has 0 fully saturated rings. The van der Waals surface area contributed by atoms with E-state index >= 15 is 0 Å². The fourth-order valence-corrected chi connectivity index (χ4v) is 5.27. The van der Waals surface area contributed by atoms with Crippen molar-refractivity contribution in [2.45, 2.75) is 44.2 Å². The molecule has 0 aliphatic rings. The van der Waals surface area contributed by atoms with Gasteiger partial charge in [-0.25, -0.2) is 13.4 Å². The van der Waals surface area contributed by atoms with E-state index in [9.17, 15) is 13.2 Å². The number of guanidine groups is 1. The number of aromatic nitrogens is 1. The topological polar surface area (TPSA) is 138 Å². The van der Waals surface area contributed by atoms with Gasteiger partial charge in [0.25, 0.3) is 0 Å². The minimum Gasteiger partial charge on any atom is -0.465 e. The molecule has 1 aromatic heterocycles. The molecule has 35 heavy (non-hydrogen) atoms. The van der Waals surface area contributed by atoms with Gasteiger partial charge in [-0.3, -0.25) is 10.2 Å². The van der Waals surface area contributed by atoms with Crippen molar-refractivity contribution in [2.75, 3.05) is 11.9 Å². The molecule has 0 aliphatic heterocycles. The number of sulfonamides is 1. The summed E-state index contributed by atoms with van der Waals surface area (Å²) in [5.41, 5.74) is 6.17. The van der Waals surface area contributed by atoms with E-state index in [2.05, 4.69) is 10.3 Å². The van der Waals surface area contributed by atoms with Gasteiger partial charge in [0.1, 0.15) is 11.9 Å². The van der Waals surface area contributed by atoms with Crippen LogP contribution in [0.4, 0.5) is 5.82 Å². The van der Waals surface area contributed by atoms with Gasteiger partial charge in [0.2, 0.25) is 10.0 Å². The van der Waals surface area contributed by atoms with Gasteiger partial charge >= 0.3 is 5.97 Å². The van der Waals surface area contributed by atoms with Crippen molar-refractivity contribution in [1.82, 2.24) is 9.29 Å². The van der Waals surface area contributed by atoms with E-state index in [0.717, 1.165) is 10.7 Å². The number of hydrogen-bond acceptors (Lipinski definition) is 6. The van der Waals surface area contributed by atoms with Crippen LogP contribution in [-0.2, 0) is 26.1 Å². The van der Waals surface area contributed by atoms with Crippen molar-refractivity contribution in [1.29, 1.82) is 5.41 Å². The monoisotopic (exact) mass is 517 g/mol. The maximum absolute atomic E-state index is 13.9. The quantitative estimate of drug-likeness (QED) is 0.159. The number of nitrogens with two attached hydrogens (primary N) is 1. The van der Waals surface area contributed by atoms with Gasteiger partial charge in [0.05, 0.1) is 16.5 Å². The highest BCUT2D eigenvalue weighted by Gasteiger charge is 2.34. The Kier molecular flexibility index (Phi) is 8.66. The number of fused-ring (bicyclic) bond motifs is 1. The predicted octanol–water partition coefficient (Wildman–Crippen LogP) is 4.12. The van der Waals surface area contributed by atoms with Crippen LogP contribution in [0, 0.1) is 5.41 Å². The molecule has 1 heterocycles. The molecule has 0 amide bonds. The number of pyridine rings is 1. The molecule has 1 atom stereocenters. The van der Waals surface area contributed by atoms with Gasteiger partial charge in [-0.2, -0.15) is 4.31 Å². The van der Waals surface area contributed by atoms with E-state index in [0.29, 0.717) is 27.8 Å². The van der Waals surface area contributed by atoms with Crippen molar-refractivity contribution in [3.63, 3.8) is 0 Å². The molecule has 2 aromatic carbocycles. The molecule has 3 rings (SSSR count). The van der Waals surface area contributed by atoms with E-state index in [1.165, 1.54) is 25.3 Å². The molecule has 0 aliphatic carbocycles. The summed E-state index contributed by atoms with van der Waals surface area (Å²) in [7, 11) is -4.17. The van der Waals surface area contributed by atoms with Crippen LogP contribution in [0.3, 0.4) is 0 Å². The maximum Gasteiger partial charge on any atom is 0.324 e. The zero-order valence-electron chi connectivity index (χ0n) is 19.5. The lowest BCUT2D eigenvalue weighted by Gasteiger charge is -2.27. The SMILES string of the molecule is CCCCOC(=O)[C@H](C)N(Cc1ccccc1)S(=O)(=O)c1ccc2c(Cl)cnc(NC(=N)N)c2c1. The summed E-state index contributed by atoms with van der Waals surface area (Å²) in [4.78, 5) is 16.8. The molecule has 4 N–H and O–H groups in total. The van der Waals surface area contributed by atoms with Crippen molar-refractivity contribution < 1.29 is 17.9 Å². The second-order valence-electron chi connectivity index (χ2n) is 7.93. The summed E-state index contributed by atoms with van der Waals surface area (Å²) in [5, 5.41) is 11.3. The molecule has 3 aromatic rings. The minimum atomic E-state index is -4.17. The van der Waals surface area contributed by atoms with Crippen LogP contribution in [0.5, 0.6) is 0 Å². The van der Waals surface area contributed by atoms with Crippen molar-refractivity contribution in [2.24, 2.45) is 5.73 Å². The first-order chi connectivity index (χ1) is 16.6. The Hall–Kier alpha value is -3.21. The fraction of sp³-hybridized carbons (Fsp3) is 0.292. The highest BCUT2D eigenvalue weighted by Crippen LogP contribution is 2.32. The van der Waals surface area contributed by atoms with Gasteiger partial charge < -0.3 is 15.8 Å². The highest BCUT2D eigenvalue weighted by molar-refractivity contribution is 7.89. The van der Waals surface area contributed by atoms with E-state index < -0.39 is 22.0 Å². The van der Waals surface area contributed by atoms with Crippen molar-refractivity contribution in [3.05, 3.63) is 65.3 Å². The zero-order valence-corrected chi connectivity index (χ0v) is 21.1. The van der Waals surface area contributed by atoms with Crippen LogP contribution < -0.4 is 11.1 Å². The van der Waals surface area contributed by atoms with Crippen molar-refractivity contribution in [3.8, 4) is 0 Å². The number of anilines is 1. The Labute approximate surface area is 209 Å². The van der Waals surface area contributed by atoms with Crippen LogP contribution in [0.25, 0.3) is 10.8 Å². The van der Waals surface area contributed by atoms with Crippen LogP contribution in [0.1, 0.15) is 32.3 Å². The summed E-state index contributed by atoms with van der Waals surface area (Å²) in [6.07, 6.45) is 2.92. The summed E-state index contributed by atoms with van der Waals surface area (Å²) in [5.74, 6) is -0.790. The lowest BCUT2D eigenvalue weighted by Crippen LogP contribution is -2.43. The number of hydrogen-bond donors (Lipinski definition) is 3. The number of rotatable bonds is 10. The second kappa shape index (κ2) is 11.5. The molecule has 9 nitrogen and oxygen atoms in total. The molecule has 0 saturated carbocycles. The van der Waals surface area contributed by atoms with E-state index in [4.69, 9.17) is 27.5 Å². The second-order valence-corrected chi connectivity index (χ2v) is 10.2. The first-order valence-electron chi connectivity index (χ1n) is 11.1. The van der Waals surface area contributed by atoms with Gasteiger partial charge in [-0.1, -0.05) is 61.3 Å². The number of halogens is 1. The number of nitrogens with zero attached hydrogens (tertiary/aromatic N) is 2. The number of esters is 1. The Morgan fingerprint density at radius 1 is 1.23 bits per heavy atom. The third-order valence-corrected chi connectivity index (χ3v) is 7.58. The molecule has 0 bridgehead atoms. The Bertz CT molecular complexity index is 1320. The average molecular weight is 518 g/mol. The smallest absolute Gasteiger partial charge is 0.324 e. The van der Waals surface area contributed by atoms with Crippen LogP contribution >= 0.6 is 11.6 Å². The van der Waals surface area contributed by atoms with E-state index in [1.807, 2.05) is 13.0 Å². The highest BCUT2D eigenvalue weighted by atomic mass is 35.5. The summed E-state index contributed by atoms with van der Waals surface area (Å²) in [6, 6.07) is 12.3. The Morgan fingerprint density at radius 2 is 1.94 bits per heavy atom. The largest absolute Gasteiger partial charge is 0.465 e. The molecule has 0 unspecified atom stereocenters. The van der Waals surface area contributed by atoms with Crippen molar-refractivity contribution >= 4 is 50.1 Å². The first kappa shape index (κ1) is 26.4. The first-order valence-corrected chi connectivity index (χ1v) is 12.9. The Balaban J connectivity index is 2.07. The standard InChI is InChI=1S/C24H28ClN5O4S/c1-3-4-12-34-23(31)16(2)30(15-17-8-6-5-7-9-17)35(32,33)18-10-11-19-20(13-18)22(29-24(26)27)28-14-21(19)25/h5-11,13-14,16H,3-4,12,15H2,1-2H3,(H4,26,27,28,29)/t16-/m0/s1. The molecule has 0 spiro atoms. The molecular weight excluding hydrogens is 490 g/mol. The third kappa shape index (κ3) is 6.27. The predicted molar refractivity (Wildman–Crippen MR) is 137 cm³/mol. The van der Waals surface area contributed by atoms with E-state index in [1.54, 1.807) is 30.3 Å². The molecule has 0 saturated heterocycles. The maximum atomic E-state index is 13.9.